The lowest BCUT2D eigenvalue weighted by Gasteiger charge is -2.30. The number of aryl methyl sites for hydroxylation is 1. The smallest absolute Gasteiger partial charge is 0.0605 e. The number of hydrogen-bond acceptors (Lipinski definition) is 3. The largest absolute Gasteiger partial charge is 0.368 e. The van der Waals surface area contributed by atoms with E-state index in [1.54, 1.807) is 0 Å². The first-order valence-corrected chi connectivity index (χ1v) is 4.75. The molecule has 0 aliphatic carbocycles. The topological polar surface area (TPSA) is 28.2 Å². The van der Waals surface area contributed by atoms with Crippen LogP contribution in [-0.2, 0) is 0 Å². The first-order valence-electron chi connectivity index (χ1n) is 4.75. The highest BCUT2D eigenvalue weighted by molar-refractivity contribution is 5.50. The molecule has 0 amide bonds. The van der Waals surface area contributed by atoms with Gasteiger partial charge in [-0.2, -0.15) is 0 Å². The zero-order valence-corrected chi connectivity index (χ0v) is 7.95. The summed E-state index contributed by atoms with van der Waals surface area (Å²) in [5, 5.41) is 3.34. The van der Waals surface area contributed by atoms with Crippen LogP contribution in [-0.4, -0.2) is 31.2 Å². The molecular weight excluding hydrogens is 162 g/mol. The molecule has 1 aliphatic heterocycles. The van der Waals surface area contributed by atoms with Crippen LogP contribution >= 0.6 is 0 Å². The average Bonchev–Trinajstić information content (AvgIpc) is 2.20. The van der Waals surface area contributed by atoms with E-state index < -0.39 is 0 Å². The molecule has 0 atom stereocenters. The van der Waals surface area contributed by atoms with Crippen LogP contribution in [0.15, 0.2) is 18.3 Å². The van der Waals surface area contributed by atoms with E-state index >= 15 is 0 Å². The third kappa shape index (κ3) is 1.80. The van der Waals surface area contributed by atoms with Crippen LogP contribution in [0, 0.1) is 6.92 Å². The summed E-state index contributed by atoms with van der Waals surface area (Å²) in [7, 11) is 0. The predicted molar refractivity (Wildman–Crippen MR) is 54.1 cm³/mol. The summed E-state index contributed by atoms with van der Waals surface area (Å²) in [5.74, 6) is 0. The van der Waals surface area contributed by atoms with Crippen molar-refractivity contribution in [3.05, 3.63) is 24.0 Å². The minimum atomic E-state index is 1.08. The molecule has 13 heavy (non-hydrogen) atoms. The van der Waals surface area contributed by atoms with Crippen molar-refractivity contribution < 1.29 is 0 Å². The van der Waals surface area contributed by atoms with Crippen molar-refractivity contribution in [3.63, 3.8) is 0 Å². The van der Waals surface area contributed by atoms with Crippen molar-refractivity contribution in [1.82, 2.24) is 10.3 Å². The zero-order valence-electron chi connectivity index (χ0n) is 7.95. The molecule has 1 aliphatic rings. The number of aromatic nitrogens is 1. The molecule has 1 aromatic heterocycles. The minimum Gasteiger partial charge on any atom is -0.368 e. The van der Waals surface area contributed by atoms with E-state index in [0.29, 0.717) is 0 Å². The lowest BCUT2D eigenvalue weighted by molar-refractivity contribution is 0.587. The highest BCUT2D eigenvalue weighted by Gasteiger charge is 2.11. The first-order chi connectivity index (χ1) is 6.38. The quantitative estimate of drug-likeness (QED) is 0.687. The number of pyridine rings is 1. The summed E-state index contributed by atoms with van der Waals surface area (Å²) < 4.78 is 0. The fourth-order valence-electron chi connectivity index (χ4n) is 1.72. The fourth-order valence-corrected chi connectivity index (χ4v) is 1.72. The molecule has 2 heterocycles. The molecular formula is C10H15N3. The molecule has 1 N–H and O–H groups in total. The van der Waals surface area contributed by atoms with E-state index in [-0.39, 0.29) is 0 Å². The summed E-state index contributed by atoms with van der Waals surface area (Å²) in [6.45, 7) is 6.40. The SMILES string of the molecule is Cc1ncccc1N1CCNCC1. The van der Waals surface area contributed by atoms with E-state index in [1.807, 2.05) is 12.3 Å². The molecule has 3 heteroatoms. The molecule has 0 aromatic carbocycles. The Hall–Kier alpha value is -1.09. The molecule has 2 rings (SSSR count). The highest BCUT2D eigenvalue weighted by atomic mass is 15.2. The maximum Gasteiger partial charge on any atom is 0.0605 e. The number of hydrogen-bond donors (Lipinski definition) is 1. The Balaban J connectivity index is 2.18. The second-order valence-electron chi connectivity index (χ2n) is 3.34. The highest BCUT2D eigenvalue weighted by Crippen LogP contribution is 2.16. The van der Waals surface area contributed by atoms with Gasteiger partial charge in [0.25, 0.3) is 0 Å². The second kappa shape index (κ2) is 3.75. The van der Waals surface area contributed by atoms with Crippen LogP contribution in [0.1, 0.15) is 5.69 Å². The molecule has 70 valence electrons. The Morgan fingerprint density at radius 2 is 2.15 bits per heavy atom. The molecule has 0 spiro atoms. The minimum absolute atomic E-state index is 1.08. The van der Waals surface area contributed by atoms with Gasteiger partial charge in [0.15, 0.2) is 0 Å². The lowest BCUT2D eigenvalue weighted by Crippen LogP contribution is -2.43. The van der Waals surface area contributed by atoms with Gasteiger partial charge in [-0.05, 0) is 19.1 Å². The number of nitrogens with zero attached hydrogens (tertiary/aromatic N) is 2. The van der Waals surface area contributed by atoms with Gasteiger partial charge in [-0.3, -0.25) is 4.98 Å². The maximum absolute atomic E-state index is 4.29. The van der Waals surface area contributed by atoms with E-state index in [9.17, 15) is 0 Å². The summed E-state index contributed by atoms with van der Waals surface area (Å²) in [6.07, 6.45) is 1.85. The Morgan fingerprint density at radius 3 is 2.85 bits per heavy atom. The zero-order chi connectivity index (χ0) is 9.10. The van der Waals surface area contributed by atoms with Gasteiger partial charge in [0.1, 0.15) is 0 Å². The lowest BCUT2D eigenvalue weighted by atomic mass is 10.2. The van der Waals surface area contributed by atoms with Crippen molar-refractivity contribution in [2.45, 2.75) is 6.92 Å². The van der Waals surface area contributed by atoms with E-state index in [0.717, 1.165) is 31.9 Å². The van der Waals surface area contributed by atoms with Crippen molar-refractivity contribution >= 4 is 5.69 Å². The van der Waals surface area contributed by atoms with Gasteiger partial charge in [0, 0.05) is 32.4 Å². The molecule has 0 unspecified atom stereocenters. The van der Waals surface area contributed by atoms with Crippen LogP contribution < -0.4 is 10.2 Å². The molecule has 3 nitrogen and oxygen atoms in total. The van der Waals surface area contributed by atoms with Gasteiger partial charge in [0.05, 0.1) is 11.4 Å². The summed E-state index contributed by atoms with van der Waals surface area (Å²) in [6, 6.07) is 4.15. The number of anilines is 1. The van der Waals surface area contributed by atoms with Crippen molar-refractivity contribution in [1.29, 1.82) is 0 Å². The molecule has 0 saturated carbocycles. The van der Waals surface area contributed by atoms with Gasteiger partial charge in [0.2, 0.25) is 0 Å². The van der Waals surface area contributed by atoms with Gasteiger partial charge in [-0.1, -0.05) is 0 Å². The van der Waals surface area contributed by atoms with Gasteiger partial charge < -0.3 is 10.2 Å². The van der Waals surface area contributed by atoms with Crippen LogP contribution in [0.4, 0.5) is 5.69 Å². The van der Waals surface area contributed by atoms with Crippen LogP contribution in [0.5, 0.6) is 0 Å². The number of rotatable bonds is 1. The third-order valence-electron chi connectivity index (χ3n) is 2.44. The summed E-state index contributed by atoms with van der Waals surface area (Å²) in [4.78, 5) is 6.68. The average molecular weight is 177 g/mol. The summed E-state index contributed by atoms with van der Waals surface area (Å²) >= 11 is 0. The number of nitrogens with one attached hydrogen (secondary N) is 1. The molecule has 1 aromatic rings. The normalized spacial score (nSPS) is 17.5. The van der Waals surface area contributed by atoms with Crippen LogP contribution in [0.2, 0.25) is 0 Å². The standard InChI is InChI=1S/C10H15N3/c1-9-10(3-2-4-12-9)13-7-5-11-6-8-13/h2-4,11H,5-8H2,1H3. The maximum atomic E-state index is 4.29. The fraction of sp³-hybridized carbons (Fsp3) is 0.500. The Kier molecular flexibility index (Phi) is 2.45. The first kappa shape index (κ1) is 8.51. The van der Waals surface area contributed by atoms with Crippen molar-refractivity contribution in [2.24, 2.45) is 0 Å². The Bertz CT molecular complexity index is 279. The van der Waals surface area contributed by atoms with Crippen molar-refractivity contribution in [3.8, 4) is 0 Å². The van der Waals surface area contributed by atoms with E-state index in [2.05, 4.69) is 28.2 Å². The monoisotopic (exact) mass is 177 g/mol. The van der Waals surface area contributed by atoms with Crippen molar-refractivity contribution in [2.75, 3.05) is 31.1 Å². The van der Waals surface area contributed by atoms with Gasteiger partial charge in [-0.25, -0.2) is 0 Å². The molecule has 1 fully saturated rings. The van der Waals surface area contributed by atoms with Crippen LogP contribution in [0.25, 0.3) is 0 Å². The van der Waals surface area contributed by atoms with Crippen LogP contribution in [0.3, 0.4) is 0 Å². The second-order valence-corrected chi connectivity index (χ2v) is 3.34. The van der Waals surface area contributed by atoms with E-state index in [4.69, 9.17) is 0 Å². The number of piperazine rings is 1. The van der Waals surface area contributed by atoms with E-state index in [1.165, 1.54) is 5.69 Å². The van der Waals surface area contributed by atoms with Gasteiger partial charge >= 0.3 is 0 Å². The van der Waals surface area contributed by atoms with Gasteiger partial charge in [-0.15, -0.1) is 0 Å². The molecule has 1 saturated heterocycles. The predicted octanol–water partition coefficient (Wildman–Crippen LogP) is 0.800. The summed E-state index contributed by atoms with van der Waals surface area (Å²) in [5.41, 5.74) is 2.41. The Morgan fingerprint density at radius 1 is 1.38 bits per heavy atom. The Labute approximate surface area is 78.8 Å². The molecule has 0 bridgehead atoms. The third-order valence-corrected chi connectivity index (χ3v) is 2.44. The molecule has 0 radical (unpaired) electrons.